The first-order chi connectivity index (χ1) is 5.36. The highest BCUT2D eigenvalue weighted by atomic mass is 16.1. The van der Waals surface area contributed by atoms with Crippen LogP contribution in [0.1, 0.15) is 19.8 Å². The Morgan fingerprint density at radius 3 is 3.09 bits per heavy atom. The minimum Gasteiger partial charge on any atom is -0.357 e. The molecular weight excluding hydrogens is 140 g/mol. The maximum atomic E-state index is 9.97. The second kappa shape index (κ2) is 4.34. The lowest BCUT2D eigenvalue weighted by Gasteiger charge is -2.07. The summed E-state index contributed by atoms with van der Waals surface area (Å²) in [7, 11) is 0. The zero-order chi connectivity index (χ0) is 8.10. The topological polar surface area (TPSA) is 41.1 Å². The third kappa shape index (κ3) is 2.50. The third-order valence-electron chi connectivity index (χ3n) is 2.34. The van der Waals surface area contributed by atoms with E-state index in [9.17, 15) is 4.79 Å². The Morgan fingerprint density at radius 2 is 2.55 bits per heavy atom. The molecule has 0 aliphatic carbocycles. The zero-order valence-corrected chi connectivity index (χ0v) is 6.97. The summed E-state index contributed by atoms with van der Waals surface area (Å²) in [6, 6.07) is 0.505. The zero-order valence-electron chi connectivity index (χ0n) is 6.97. The number of rotatable bonds is 4. The molecule has 1 saturated heterocycles. The molecule has 0 aromatic rings. The molecule has 0 spiro atoms. The molecule has 0 aromatic carbocycles. The molecule has 64 valence electrons. The second-order valence-electron chi connectivity index (χ2n) is 3.14. The minimum atomic E-state index is 0.505. The van der Waals surface area contributed by atoms with Crippen LogP contribution in [0.15, 0.2) is 0 Å². The van der Waals surface area contributed by atoms with Gasteiger partial charge in [0.1, 0.15) is 0 Å². The van der Waals surface area contributed by atoms with Gasteiger partial charge in [-0.05, 0) is 18.9 Å². The molecule has 2 N–H and O–H groups in total. The molecule has 0 radical (unpaired) electrons. The van der Waals surface area contributed by atoms with Crippen LogP contribution < -0.4 is 10.6 Å². The van der Waals surface area contributed by atoms with Crippen molar-refractivity contribution in [1.82, 2.24) is 10.6 Å². The van der Waals surface area contributed by atoms with Gasteiger partial charge in [0.25, 0.3) is 0 Å². The Morgan fingerprint density at radius 1 is 1.73 bits per heavy atom. The van der Waals surface area contributed by atoms with Crippen LogP contribution >= 0.6 is 0 Å². The first kappa shape index (κ1) is 8.53. The van der Waals surface area contributed by atoms with Crippen LogP contribution in [0.3, 0.4) is 0 Å². The summed E-state index contributed by atoms with van der Waals surface area (Å²) in [5.74, 6) is 0.813. The fourth-order valence-electron chi connectivity index (χ4n) is 1.56. The summed E-state index contributed by atoms with van der Waals surface area (Å²) in [5, 5.41) is 6.06. The SMILES string of the molecule is CC[C@H]1CN[C@H](CNC=O)C1. The largest absolute Gasteiger partial charge is 0.357 e. The molecule has 0 bridgehead atoms. The smallest absolute Gasteiger partial charge is 0.207 e. The summed E-state index contributed by atoms with van der Waals surface area (Å²) >= 11 is 0. The van der Waals surface area contributed by atoms with Crippen LogP contribution in [-0.2, 0) is 4.79 Å². The van der Waals surface area contributed by atoms with Crippen molar-refractivity contribution < 1.29 is 4.79 Å². The monoisotopic (exact) mass is 156 g/mol. The lowest BCUT2D eigenvalue weighted by Crippen LogP contribution is -2.33. The number of amides is 1. The van der Waals surface area contributed by atoms with Gasteiger partial charge in [0, 0.05) is 12.6 Å². The van der Waals surface area contributed by atoms with Crippen molar-refractivity contribution in [3.05, 3.63) is 0 Å². The van der Waals surface area contributed by atoms with Gasteiger partial charge in [-0.1, -0.05) is 13.3 Å². The number of hydrogen-bond donors (Lipinski definition) is 2. The molecule has 3 heteroatoms. The van der Waals surface area contributed by atoms with E-state index in [4.69, 9.17) is 0 Å². The summed E-state index contributed by atoms with van der Waals surface area (Å²) in [6.07, 6.45) is 3.21. The number of hydrogen-bond acceptors (Lipinski definition) is 2. The van der Waals surface area contributed by atoms with E-state index >= 15 is 0 Å². The van der Waals surface area contributed by atoms with Crippen LogP contribution in [0.25, 0.3) is 0 Å². The highest BCUT2D eigenvalue weighted by molar-refractivity contribution is 5.45. The van der Waals surface area contributed by atoms with E-state index in [1.54, 1.807) is 0 Å². The molecule has 1 aliphatic rings. The van der Waals surface area contributed by atoms with Crippen molar-refractivity contribution in [2.24, 2.45) is 5.92 Å². The highest BCUT2D eigenvalue weighted by Crippen LogP contribution is 2.15. The molecule has 1 fully saturated rings. The molecule has 1 amide bonds. The third-order valence-corrected chi connectivity index (χ3v) is 2.34. The summed E-state index contributed by atoms with van der Waals surface area (Å²) < 4.78 is 0. The van der Waals surface area contributed by atoms with Crippen molar-refractivity contribution in [3.63, 3.8) is 0 Å². The Labute approximate surface area is 67.5 Å². The first-order valence-electron chi connectivity index (χ1n) is 4.27. The molecule has 1 aliphatic heterocycles. The van der Waals surface area contributed by atoms with Crippen LogP contribution in [0.4, 0.5) is 0 Å². The van der Waals surface area contributed by atoms with Crippen LogP contribution in [-0.4, -0.2) is 25.5 Å². The van der Waals surface area contributed by atoms with Gasteiger partial charge in [0.15, 0.2) is 0 Å². The maximum absolute atomic E-state index is 9.97. The van der Waals surface area contributed by atoms with Gasteiger partial charge in [-0.3, -0.25) is 4.79 Å². The fraction of sp³-hybridized carbons (Fsp3) is 0.875. The Bertz CT molecular complexity index is 127. The average molecular weight is 156 g/mol. The van der Waals surface area contributed by atoms with Gasteiger partial charge in [-0.15, -0.1) is 0 Å². The van der Waals surface area contributed by atoms with E-state index in [-0.39, 0.29) is 0 Å². The van der Waals surface area contributed by atoms with Gasteiger partial charge < -0.3 is 10.6 Å². The first-order valence-corrected chi connectivity index (χ1v) is 4.27. The van der Waals surface area contributed by atoms with Gasteiger partial charge >= 0.3 is 0 Å². The fourth-order valence-corrected chi connectivity index (χ4v) is 1.56. The quantitative estimate of drug-likeness (QED) is 0.568. The van der Waals surface area contributed by atoms with E-state index in [1.807, 2.05) is 0 Å². The van der Waals surface area contributed by atoms with Crippen molar-refractivity contribution >= 4 is 6.41 Å². The van der Waals surface area contributed by atoms with Crippen LogP contribution in [0, 0.1) is 5.92 Å². The molecule has 2 atom stereocenters. The molecule has 3 nitrogen and oxygen atoms in total. The minimum absolute atomic E-state index is 0.505. The Balaban J connectivity index is 2.13. The highest BCUT2D eigenvalue weighted by Gasteiger charge is 2.21. The van der Waals surface area contributed by atoms with Crippen molar-refractivity contribution in [3.8, 4) is 0 Å². The van der Waals surface area contributed by atoms with Gasteiger partial charge in [-0.2, -0.15) is 0 Å². The van der Waals surface area contributed by atoms with Gasteiger partial charge in [0.2, 0.25) is 6.41 Å². The molecular formula is C8H16N2O. The Kier molecular flexibility index (Phi) is 3.36. The normalized spacial score (nSPS) is 30.3. The summed E-state index contributed by atoms with van der Waals surface area (Å²) in [6.45, 7) is 4.10. The van der Waals surface area contributed by atoms with Crippen LogP contribution in [0.5, 0.6) is 0 Å². The molecule has 11 heavy (non-hydrogen) atoms. The van der Waals surface area contributed by atoms with Gasteiger partial charge in [-0.25, -0.2) is 0 Å². The van der Waals surface area contributed by atoms with Crippen molar-refractivity contribution in [2.75, 3.05) is 13.1 Å². The van der Waals surface area contributed by atoms with E-state index in [0.717, 1.165) is 25.4 Å². The molecule has 1 heterocycles. The van der Waals surface area contributed by atoms with E-state index < -0.39 is 0 Å². The van der Waals surface area contributed by atoms with E-state index in [1.165, 1.54) is 12.8 Å². The number of carbonyl (C=O) groups is 1. The van der Waals surface area contributed by atoms with Gasteiger partial charge in [0.05, 0.1) is 0 Å². The second-order valence-corrected chi connectivity index (χ2v) is 3.14. The maximum Gasteiger partial charge on any atom is 0.207 e. The van der Waals surface area contributed by atoms with E-state index in [0.29, 0.717) is 6.04 Å². The van der Waals surface area contributed by atoms with E-state index in [2.05, 4.69) is 17.6 Å². The average Bonchev–Trinajstić information content (AvgIpc) is 2.48. The summed E-state index contributed by atoms with van der Waals surface area (Å²) in [4.78, 5) is 9.97. The predicted octanol–water partition coefficient (Wildman–Crippen LogP) is 0.120. The lowest BCUT2D eigenvalue weighted by molar-refractivity contribution is -0.109. The molecule has 0 saturated carbocycles. The number of nitrogens with one attached hydrogen (secondary N) is 2. The van der Waals surface area contributed by atoms with Crippen molar-refractivity contribution in [2.45, 2.75) is 25.8 Å². The standard InChI is InChI=1S/C8H16N2O/c1-2-7-3-8(10-4-7)5-9-6-11/h6-8,10H,2-5H2,1H3,(H,9,11)/t7-,8+/m1/s1. The predicted molar refractivity (Wildman–Crippen MR) is 44.3 cm³/mol. The number of carbonyl (C=O) groups excluding carboxylic acids is 1. The Hall–Kier alpha value is -0.570. The molecule has 1 rings (SSSR count). The van der Waals surface area contributed by atoms with Crippen molar-refractivity contribution in [1.29, 1.82) is 0 Å². The molecule has 0 unspecified atom stereocenters. The molecule has 0 aromatic heterocycles. The van der Waals surface area contributed by atoms with Crippen LogP contribution in [0.2, 0.25) is 0 Å². The lowest BCUT2D eigenvalue weighted by atomic mass is 10.0. The summed E-state index contributed by atoms with van der Waals surface area (Å²) in [5.41, 5.74) is 0.